The second-order valence-electron chi connectivity index (χ2n) is 6.16. The number of sulfonamides is 1. The molecule has 7 heteroatoms. The molecule has 6 nitrogen and oxygen atoms in total. The summed E-state index contributed by atoms with van der Waals surface area (Å²) in [5.41, 5.74) is 0.503. The molecule has 0 saturated carbocycles. The molecule has 24 heavy (non-hydrogen) atoms. The summed E-state index contributed by atoms with van der Waals surface area (Å²) in [7, 11) is -3.49. The number of rotatable bonds is 7. The summed E-state index contributed by atoms with van der Waals surface area (Å²) in [6, 6.07) is 6.16. The third kappa shape index (κ3) is 4.78. The minimum atomic E-state index is -3.49. The van der Waals surface area contributed by atoms with Crippen LogP contribution in [0.3, 0.4) is 0 Å². The number of anilines is 1. The Balaban J connectivity index is 2.09. The molecule has 1 aromatic rings. The molecule has 1 atom stereocenters. The van der Waals surface area contributed by atoms with Crippen LogP contribution in [-0.2, 0) is 14.8 Å². The molecule has 1 fully saturated rings. The summed E-state index contributed by atoms with van der Waals surface area (Å²) in [5, 5.41) is 5.89. The van der Waals surface area contributed by atoms with Crippen LogP contribution in [0.2, 0.25) is 0 Å². The average molecular weight is 353 g/mol. The van der Waals surface area contributed by atoms with Crippen molar-refractivity contribution in [3.63, 3.8) is 0 Å². The largest absolute Gasteiger partial charge is 0.325 e. The Kier molecular flexibility index (Phi) is 6.77. The van der Waals surface area contributed by atoms with Crippen LogP contribution in [0.1, 0.15) is 39.5 Å². The Morgan fingerprint density at radius 2 is 1.96 bits per heavy atom. The third-order valence-electron chi connectivity index (χ3n) is 4.15. The summed E-state index contributed by atoms with van der Waals surface area (Å²) < 4.78 is 26.9. The Morgan fingerprint density at radius 1 is 1.25 bits per heavy atom. The van der Waals surface area contributed by atoms with Gasteiger partial charge in [0.15, 0.2) is 0 Å². The van der Waals surface area contributed by atoms with Crippen molar-refractivity contribution in [1.82, 2.24) is 9.62 Å². The maximum atomic E-state index is 12.7. The number of nitrogens with one attached hydrogen (secondary N) is 2. The van der Waals surface area contributed by atoms with Crippen molar-refractivity contribution < 1.29 is 13.2 Å². The van der Waals surface area contributed by atoms with Gasteiger partial charge in [-0.3, -0.25) is 4.79 Å². The van der Waals surface area contributed by atoms with Crippen molar-refractivity contribution in [1.29, 1.82) is 0 Å². The number of hydrogen-bond donors (Lipinski definition) is 2. The highest BCUT2D eigenvalue weighted by molar-refractivity contribution is 7.89. The average Bonchev–Trinajstić information content (AvgIpc) is 2.60. The Hall–Kier alpha value is -1.44. The van der Waals surface area contributed by atoms with Crippen molar-refractivity contribution in [2.24, 2.45) is 0 Å². The molecule has 0 bridgehead atoms. The highest BCUT2D eigenvalue weighted by Crippen LogP contribution is 2.22. The molecule has 2 rings (SSSR count). The maximum absolute atomic E-state index is 12.7. The topological polar surface area (TPSA) is 78.5 Å². The van der Waals surface area contributed by atoms with Gasteiger partial charge < -0.3 is 10.6 Å². The lowest BCUT2D eigenvalue weighted by Gasteiger charge is -2.26. The van der Waals surface area contributed by atoms with Gasteiger partial charge in [0.05, 0.1) is 10.9 Å². The fraction of sp³-hybridized carbons (Fsp3) is 0.588. The van der Waals surface area contributed by atoms with Crippen LogP contribution in [0.5, 0.6) is 0 Å². The van der Waals surface area contributed by atoms with Crippen LogP contribution in [-0.4, -0.2) is 44.3 Å². The van der Waals surface area contributed by atoms with E-state index < -0.39 is 10.0 Å². The Morgan fingerprint density at radius 3 is 2.62 bits per heavy atom. The Labute approximate surface area is 144 Å². The number of carbonyl (C=O) groups is 1. The number of benzene rings is 1. The van der Waals surface area contributed by atoms with Gasteiger partial charge in [0, 0.05) is 18.8 Å². The SMILES string of the molecule is CCCNC(C)C(=O)Nc1cccc(S(=O)(=O)N2CCCCC2)c1. The van der Waals surface area contributed by atoms with Gasteiger partial charge in [-0.15, -0.1) is 0 Å². The lowest BCUT2D eigenvalue weighted by Crippen LogP contribution is -2.38. The van der Waals surface area contributed by atoms with Gasteiger partial charge in [-0.1, -0.05) is 19.4 Å². The zero-order valence-corrected chi connectivity index (χ0v) is 15.2. The van der Waals surface area contributed by atoms with Crippen molar-refractivity contribution in [2.75, 3.05) is 25.0 Å². The standard InChI is InChI=1S/C17H27N3O3S/c1-3-10-18-14(2)17(21)19-15-8-7-9-16(13-15)24(22,23)20-11-5-4-6-12-20/h7-9,13-14,18H,3-6,10-12H2,1-2H3,(H,19,21). The van der Waals surface area contributed by atoms with Gasteiger partial charge in [-0.05, 0) is 50.9 Å². The fourth-order valence-corrected chi connectivity index (χ4v) is 4.26. The van der Waals surface area contributed by atoms with Crippen LogP contribution in [0, 0.1) is 0 Å². The van der Waals surface area contributed by atoms with Gasteiger partial charge in [-0.25, -0.2) is 8.42 Å². The second-order valence-corrected chi connectivity index (χ2v) is 8.10. The third-order valence-corrected chi connectivity index (χ3v) is 6.04. The summed E-state index contributed by atoms with van der Waals surface area (Å²) in [4.78, 5) is 12.4. The first kappa shape index (κ1) is 18.9. The highest BCUT2D eigenvalue weighted by atomic mass is 32.2. The first-order valence-corrected chi connectivity index (χ1v) is 10.0. The molecule has 0 radical (unpaired) electrons. The monoisotopic (exact) mass is 353 g/mol. The van der Waals surface area contributed by atoms with Gasteiger partial charge in [0.1, 0.15) is 0 Å². The molecular formula is C17H27N3O3S. The number of hydrogen-bond acceptors (Lipinski definition) is 4. The van der Waals surface area contributed by atoms with Gasteiger partial charge in [0.2, 0.25) is 15.9 Å². The van der Waals surface area contributed by atoms with E-state index in [1.54, 1.807) is 25.1 Å². The predicted molar refractivity (Wildman–Crippen MR) is 95.4 cm³/mol. The first-order chi connectivity index (χ1) is 11.4. The van der Waals surface area contributed by atoms with E-state index in [0.29, 0.717) is 18.8 Å². The van der Waals surface area contributed by atoms with Crippen LogP contribution < -0.4 is 10.6 Å². The van der Waals surface area contributed by atoms with Gasteiger partial charge in [-0.2, -0.15) is 4.31 Å². The molecule has 1 aromatic carbocycles. The van der Waals surface area contributed by atoms with Crippen LogP contribution in [0.15, 0.2) is 29.2 Å². The second kappa shape index (κ2) is 8.60. The van der Waals surface area contributed by atoms with Crippen LogP contribution in [0.4, 0.5) is 5.69 Å². The van der Waals surface area contributed by atoms with Crippen molar-refractivity contribution in [2.45, 2.75) is 50.5 Å². The molecule has 1 saturated heterocycles. The minimum absolute atomic E-state index is 0.170. The van der Waals surface area contributed by atoms with Gasteiger partial charge >= 0.3 is 0 Å². The van der Waals surface area contributed by atoms with E-state index in [0.717, 1.165) is 32.2 Å². The van der Waals surface area contributed by atoms with E-state index >= 15 is 0 Å². The van der Waals surface area contributed by atoms with E-state index in [1.165, 1.54) is 10.4 Å². The summed E-state index contributed by atoms with van der Waals surface area (Å²) >= 11 is 0. The summed E-state index contributed by atoms with van der Waals surface area (Å²) in [6.07, 6.45) is 3.82. The maximum Gasteiger partial charge on any atom is 0.243 e. The lowest BCUT2D eigenvalue weighted by molar-refractivity contribution is -0.117. The molecule has 2 N–H and O–H groups in total. The zero-order chi connectivity index (χ0) is 17.6. The number of carbonyl (C=O) groups excluding carboxylic acids is 1. The van der Waals surface area contributed by atoms with E-state index in [1.807, 2.05) is 6.92 Å². The smallest absolute Gasteiger partial charge is 0.243 e. The molecule has 0 aliphatic carbocycles. The number of amides is 1. The van der Waals surface area contributed by atoms with E-state index in [4.69, 9.17) is 0 Å². The molecule has 0 aromatic heterocycles. The van der Waals surface area contributed by atoms with E-state index in [-0.39, 0.29) is 16.8 Å². The molecular weight excluding hydrogens is 326 g/mol. The van der Waals surface area contributed by atoms with Crippen molar-refractivity contribution in [3.05, 3.63) is 24.3 Å². The van der Waals surface area contributed by atoms with Crippen molar-refractivity contribution >= 4 is 21.6 Å². The van der Waals surface area contributed by atoms with Crippen LogP contribution in [0.25, 0.3) is 0 Å². The fourth-order valence-electron chi connectivity index (χ4n) is 2.69. The first-order valence-electron chi connectivity index (χ1n) is 8.59. The normalized spacial score (nSPS) is 17.4. The summed E-state index contributed by atoms with van der Waals surface area (Å²) in [5.74, 6) is -0.170. The van der Waals surface area contributed by atoms with Gasteiger partial charge in [0.25, 0.3) is 0 Å². The summed E-state index contributed by atoms with van der Waals surface area (Å²) in [6.45, 7) is 5.72. The number of piperidine rings is 1. The molecule has 134 valence electrons. The number of nitrogens with zero attached hydrogens (tertiary/aromatic N) is 1. The molecule has 1 aliphatic rings. The zero-order valence-electron chi connectivity index (χ0n) is 14.4. The van der Waals surface area contributed by atoms with E-state index in [2.05, 4.69) is 10.6 Å². The molecule has 1 amide bonds. The minimum Gasteiger partial charge on any atom is -0.325 e. The van der Waals surface area contributed by atoms with E-state index in [9.17, 15) is 13.2 Å². The van der Waals surface area contributed by atoms with Crippen molar-refractivity contribution in [3.8, 4) is 0 Å². The molecule has 1 aliphatic heterocycles. The molecule has 1 unspecified atom stereocenters. The van der Waals surface area contributed by atoms with Crippen LogP contribution >= 0.6 is 0 Å². The predicted octanol–water partition coefficient (Wildman–Crippen LogP) is 2.19. The lowest BCUT2D eigenvalue weighted by atomic mass is 10.2. The quantitative estimate of drug-likeness (QED) is 0.788. The Bertz CT molecular complexity index is 655. The highest BCUT2D eigenvalue weighted by Gasteiger charge is 2.26. The molecule has 1 heterocycles. The molecule has 0 spiro atoms.